The first-order valence-corrected chi connectivity index (χ1v) is 9.22. The molecule has 3 heterocycles. The van der Waals surface area contributed by atoms with Crippen LogP contribution in [-0.4, -0.2) is 81.6 Å². The Morgan fingerprint density at radius 2 is 2.19 bits per heavy atom. The number of aliphatic hydroxyl groups is 1. The van der Waals surface area contributed by atoms with Crippen molar-refractivity contribution in [1.82, 2.24) is 25.1 Å². The van der Waals surface area contributed by atoms with Gasteiger partial charge in [-0.1, -0.05) is 6.42 Å². The molecule has 8 nitrogen and oxygen atoms in total. The standard InChI is InChI=1S/C18H27N5O3/c1-12-19-7-6-15(21-12)18(26)23-11-14(24)9-13(23)10-20-17(25)16-5-3-4-8-22(16)2/h6-7,13-14,16,24H,3-5,8-11H2,1-2H3,(H,20,25)/t13-,14+,16?/m0/s1. The molecule has 2 N–H and O–H groups in total. The Labute approximate surface area is 153 Å². The molecule has 0 saturated carbocycles. The molecule has 0 bridgehead atoms. The van der Waals surface area contributed by atoms with Gasteiger partial charge in [0.15, 0.2) is 0 Å². The van der Waals surface area contributed by atoms with Crippen molar-refractivity contribution in [3.05, 3.63) is 23.8 Å². The molecule has 2 saturated heterocycles. The molecule has 1 unspecified atom stereocenters. The summed E-state index contributed by atoms with van der Waals surface area (Å²) in [4.78, 5) is 37.1. The largest absolute Gasteiger partial charge is 0.391 e. The molecule has 2 amide bonds. The Morgan fingerprint density at radius 1 is 1.38 bits per heavy atom. The third kappa shape index (κ3) is 4.19. The van der Waals surface area contributed by atoms with E-state index in [2.05, 4.69) is 20.2 Å². The van der Waals surface area contributed by atoms with Crippen LogP contribution in [0.25, 0.3) is 0 Å². The number of aliphatic hydroxyl groups excluding tert-OH is 1. The maximum Gasteiger partial charge on any atom is 0.272 e. The molecule has 0 radical (unpaired) electrons. The molecule has 2 fully saturated rings. The van der Waals surface area contributed by atoms with E-state index in [1.807, 2.05) is 7.05 Å². The van der Waals surface area contributed by atoms with Crippen LogP contribution in [-0.2, 0) is 4.79 Å². The van der Waals surface area contributed by atoms with E-state index >= 15 is 0 Å². The number of hydrogen-bond donors (Lipinski definition) is 2. The van der Waals surface area contributed by atoms with Crippen LogP contribution < -0.4 is 5.32 Å². The Morgan fingerprint density at radius 3 is 2.92 bits per heavy atom. The van der Waals surface area contributed by atoms with Crippen molar-refractivity contribution in [2.75, 3.05) is 26.7 Å². The van der Waals surface area contributed by atoms with Gasteiger partial charge in [0, 0.05) is 19.3 Å². The minimum absolute atomic E-state index is 0.00105. The summed E-state index contributed by atoms with van der Waals surface area (Å²) in [6.45, 7) is 3.26. The van der Waals surface area contributed by atoms with Gasteiger partial charge in [0.05, 0.1) is 18.2 Å². The Bertz CT molecular complexity index is 668. The zero-order valence-corrected chi connectivity index (χ0v) is 15.4. The van der Waals surface area contributed by atoms with E-state index in [0.717, 1.165) is 25.8 Å². The van der Waals surface area contributed by atoms with Crippen molar-refractivity contribution < 1.29 is 14.7 Å². The third-order valence-electron chi connectivity index (χ3n) is 5.23. The number of piperidine rings is 1. The molecule has 8 heteroatoms. The smallest absolute Gasteiger partial charge is 0.272 e. The highest BCUT2D eigenvalue weighted by Crippen LogP contribution is 2.20. The van der Waals surface area contributed by atoms with E-state index in [1.54, 1.807) is 24.1 Å². The van der Waals surface area contributed by atoms with Gasteiger partial charge in [-0.3, -0.25) is 14.5 Å². The summed E-state index contributed by atoms with van der Waals surface area (Å²) >= 11 is 0. The van der Waals surface area contributed by atoms with Gasteiger partial charge in [-0.05, 0) is 45.8 Å². The van der Waals surface area contributed by atoms with Crippen LogP contribution in [0.2, 0.25) is 0 Å². The molecular weight excluding hydrogens is 334 g/mol. The average Bonchev–Trinajstić information content (AvgIpc) is 3.00. The molecule has 2 aliphatic rings. The predicted octanol–water partition coefficient (Wildman–Crippen LogP) is -0.0391. The molecule has 1 aromatic rings. The number of amides is 2. The van der Waals surface area contributed by atoms with Crippen LogP contribution in [0.4, 0.5) is 0 Å². The fraction of sp³-hybridized carbons (Fsp3) is 0.667. The fourth-order valence-corrected chi connectivity index (χ4v) is 3.80. The number of carbonyl (C=O) groups excluding carboxylic acids is 2. The second-order valence-electron chi connectivity index (χ2n) is 7.23. The summed E-state index contributed by atoms with van der Waals surface area (Å²) in [5.74, 6) is 0.292. The van der Waals surface area contributed by atoms with Crippen molar-refractivity contribution in [1.29, 1.82) is 0 Å². The molecule has 142 valence electrons. The Hall–Kier alpha value is -2.06. The summed E-state index contributed by atoms with van der Waals surface area (Å²) in [5, 5.41) is 13.0. The zero-order valence-electron chi connectivity index (χ0n) is 15.4. The van der Waals surface area contributed by atoms with E-state index in [1.165, 1.54) is 0 Å². The number of carbonyl (C=O) groups is 2. The second-order valence-corrected chi connectivity index (χ2v) is 7.23. The van der Waals surface area contributed by atoms with Crippen molar-refractivity contribution >= 4 is 11.8 Å². The number of nitrogens with one attached hydrogen (secondary N) is 1. The van der Waals surface area contributed by atoms with Crippen molar-refractivity contribution in [3.63, 3.8) is 0 Å². The topological polar surface area (TPSA) is 98.7 Å². The van der Waals surface area contributed by atoms with E-state index in [9.17, 15) is 14.7 Å². The minimum atomic E-state index is -0.582. The summed E-state index contributed by atoms with van der Waals surface area (Å²) in [5.41, 5.74) is 0.315. The highest BCUT2D eigenvalue weighted by Gasteiger charge is 2.36. The van der Waals surface area contributed by atoms with Crippen LogP contribution in [0.3, 0.4) is 0 Å². The van der Waals surface area contributed by atoms with Gasteiger partial charge in [0.2, 0.25) is 5.91 Å². The number of nitrogens with zero attached hydrogens (tertiary/aromatic N) is 4. The average molecular weight is 361 g/mol. The van der Waals surface area contributed by atoms with E-state index < -0.39 is 6.10 Å². The van der Waals surface area contributed by atoms with Crippen LogP contribution in [0.5, 0.6) is 0 Å². The molecule has 3 rings (SSSR count). The molecule has 0 aliphatic carbocycles. The first kappa shape index (κ1) is 18.7. The van der Waals surface area contributed by atoms with Crippen LogP contribution in [0.1, 0.15) is 42.0 Å². The monoisotopic (exact) mass is 361 g/mol. The van der Waals surface area contributed by atoms with E-state index in [4.69, 9.17) is 0 Å². The first-order chi connectivity index (χ1) is 12.5. The quantitative estimate of drug-likeness (QED) is 0.781. The number of aryl methyl sites for hydroxylation is 1. The number of hydrogen-bond acceptors (Lipinski definition) is 6. The van der Waals surface area contributed by atoms with E-state index in [0.29, 0.717) is 24.5 Å². The lowest BCUT2D eigenvalue weighted by Gasteiger charge is -2.32. The third-order valence-corrected chi connectivity index (χ3v) is 5.23. The Kier molecular flexibility index (Phi) is 5.83. The number of likely N-dealkylation sites (tertiary alicyclic amines) is 2. The molecule has 1 aromatic heterocycles. The number of aromatic nitrogens is 2. The highest BCUT2D eigenvalue weighted by molar-refractivity contribution is 5.92. The van der Waals surface area contributed by atoms with Gasteiger partial charge in [0.1, 0.15) is 11.5 Å². The van der Waals surface area contributed by atoms with Gasteiger partial charge in [-0.25, -0.2) is 9.97 Å². The lowest BCUT2D eigenvalue weighted by molar-refractivity contribution is -0.127. The molecule has 26 heavy (non-hydrogen) atoms. The number of rotatable bonds is 4. The van der Waals surface area contributed by atoms with Gasteiger partial charge in [0.25, 0.3) is 5.91 Å². The maximum absolute atomic E-state index is 12.8. The Balaban J connectivity index is 1.62. The number of likely N-dealkylation sites (N-methyl/N-ethyl adjacent to an activating group) is 1. The summed E-state index contributed by atoms with van der Waals surface area (Å²) in [6.07, 6.45) is 4.46. The van der Waals surface area contributed by atoms with Gasteiger partial charge >= 0.3 is 0 Å². The first-order valence-electron chi connectivity index (χ1n) is 9.22. The predicted molar refractivity (Wildman–Crippen MR) is 95.5 cm³/mol. The van der Waals surface area contributed by atoms with Crippen molar-refractivity contribution in [2.24, 2.45) is 0 Å². The second kappa shape index (κ2) is 8.09. The summed E-state index contributed by atoms with van der Waals surface area (Å²) < 4.78 is 0. The SMILES string of the molecule is Cc1nccc(C(=O)N2C[C@H](O)C[C@H]2CNC(=O)C2CCCCN2C)n1. The minimum Gasteiger partial charge on any atom is -0.391 e. The van der Waals surface area contributed by atoms with Crippen molar-refractivity contribution in [2.45, 2.75) is 50.8 Å². The lowest BCUT2D eigenvalue weighted by Crippen LogP contribution is -2.50. The summed E-state index contributed by atoms with van der Waals surface area (Å²) in [7, 11) is 1.97. The van der Waals surface area contributed by atoms with Crippen LogP contribution in [0, 0.1) is 6.92 Å². The van der Waals surface area contributed by atoms with Crippen LogP contribution >= 0.6 is 0 Å². The van der Waals surface area contributed by atoms with Crippen LogP contribution in [0.15, 0.2) is 12.3 Å². The number of β-amino-alcohol motifs (C(OH)–C–C–N with tert-alkyl or cyclic N) is 1. The molecule has 0 spiro atoms. The zero-order chi connectivity index (χ0) is 18.7. The van der Waals surface area contributed by atoms with Gasteiger partial charge < -0.3 is 15.3 Å². The molecule has 0 aromatic carbocycles. The molecular formula is C18H27N5O3. The van der Waals surface area contributed by atoms with Gasteiger partial charge in [-0.2, -0.15) is 0 Å². The summed E-state index contributed by atoms with van der Waals surface area (Å²) in [6, 6.07) is 1.24. The molecule has 3 atom stereocenters. The normalized spacial score (nSPS) is 26.7. The molecule has 2 aliphatic heterocycles. The maximum atomic E-state index is 12.8. The van der Waals surface area contributed by atoms with Gasteiger partial charge in [-0.15, -0.1) is 0 Å². The van der Waals surface area contributed by atoms with E-state index in [-0.39, 0.29) is 30.4 Å². The highest BCUT2D eigenvalue weighted by atomic mass is 16.3. The fourth-order valence-electron chi connectivity index (χ4n) is 3.80. The lowest BCUT2D eigenvalue weighted by atomic mass is 10.0. The van der Waals surface area contributed by atoms with Crippen molar-refractivity contribution in [3.8, 4) is 0 Å².